The third-order valence-corrected chi connectivity index (χ3v) is 10.8. The SMILES string of the molecule is CCOc1cccc([C@H]2C3=CCn4c(=O)n(CCc5nc6cc(OC)c(OC)cc6n(C)c5=O)c(=O)n4[C@@H]3C[C@H]3C(=O)C=C(C)C(=O)[C@@]23C)c1O. The zero-order valence-electron chi connectivity index (χ0n) is 29.3. The van der Waals surface area contributed by atoms with Gasteiger partial charge in [-0.2, -0.15) is 0 Å². The van der Waals surface area contributed by atoms with Crippen molar-refractivity contribution in [1.82, 2.24) is 23.5 Å². The number of hydrogen-bond acceptors (Lipinski definition) is 10. The van der Waals surface area contributed by atoms with Crippen LogP contribution < -0.4 is 31.1 Å². The van der Waals surface area contributed by atoms with Crippen LogP contribution in [0, 0.1) is 11.3 Å². The van der Waals surface area contributed by atoms with Gasteiger partial charge in [0, 0.05) is 49.5 Å². The minimum atomic E-state index is -1.27. The monoisotopic (exact) mass is 697 g/mol. The maximum atomic E-state index is 14.2. The number of aryl methyl sites for hydroxylation is 2. The minimum Gasteiger partial charge on any atom is -0.504 e. The van der Waals surface area contributed by atoms with Crippen LogP contribution in [0.3, 0.4) is 0 Å². The van der Waals surface area contributed by atoms with E-state index in [1.54, 1.807) is 58.2 Å². The summed E-state index contributed by atoms with van der Waals surface area (Å²) in [4.78, 5) is 73.8. The van der Waals surface area contributed by atoms with E-state index in [4.69, 9.17) is 14.2 Å². The maximum Gasteiger partial charge on any atom is 0.347 e. The van der Waals surface area contributed by atoms with Crippen LogP contribution in [-0.2, 0) is 36.1 Å². The number of carbonyl (C=O) groups is 2. The number of methoxy groups -OCH3 is 2. The lowest BCUT2D eigenvalue weighted by Crippen LogP contribution is -2.54. The van der Waals surface area contributed by atoms with Gasteiger partial charge in [0.15, 0.2) is 34.6 Å². The van der Waals surface area contributed by atoms with Gasteiger partial charge in [0.2, 0.25) is 0 Å². The molecule has 1 saturated carbocycles. The number of para-hydroxylation sites is 1. The lowest BCUT2D eigenvalue weighted by molar-refractivity contribution is -0.139. The largest absolute Gasteiger partial charge is 0.504 e. The molecule has 14 heteroatoms. The average Bonchev–Trinajstić information content (AvgIpc) is 3.36. The van der Waals surface area contributed by atoms with E-state index in [1.165, 1.54) is 34.2 Å². The molecule has 0 amide bonds. The summed E-state index contributed by atoms with van der Waals surface area (Å²) in [5.41, 5.74) is -0.321. The number of fused-ring (bicyclic) bond motifs is 5. The molecule has 0 radical (unpaired) electrons. The summed E-state index contributed by atoms with van der Waals surface area (Å²) < 4.78 is 21.7. The Bertz CT molecular complexity index is 2390. The fraction of sp³-hybridized carbons (Fsp3) is 0.405. The molecule has 14 nitrogen and oxygen atoms in total. The van der Waals surface area contributed by atoms with Crippen LogP contribution in [0.1, 0.15) is 50.4 Å². The van der Waals surface area contributed by atoms with E-state index >= 15 is 0 Å². The molecule has 0 bridgehead atoms. The number of carbonyl (C=O) groups excluding carboxylic acids is 2. The first-order valence-electron chi connectivity index (χ1n) is 16.8. The summed E-state index contributed by atoms with van der Waals surface area (Å²) >= 11 is 0. The second-order valence-corrected chi connectivity index (χ2v) is 13.4. The van der Waals surface area contributed by atoms with Crippen molar-refractivity contribution in [3.8, 4) is 23.0 Å². The fourth-order valence-corrected chi connectivity index (χ4v) is 8.37. The number of Topliss-reactive ketones (excluding diaryl/α,β-unsaturated/α-hetero) is 1. The molecule has 0 spiro atoms. The van der Waals surface area contributed by atoms with Crippen LogP contribution >= 0.6 is 0 Å². The lowest BCUT2D eigenvalue weighted by atomic mass is 9.51. The van der Waals surface area contributed by atoms with Crippen LogP contribution in [0.2, 0.25) is 0 Å². The first kappa shape index (κ1) is 33.8. The molecule has 266 valence electrons. The number of aromatic nitrogens is 5. The topological polar surface area (TPSA) is 166 Å². The third kappa shape index (κ3) is 4.90. The first-order valence-corrected chi connectivity index (χ1v) is 16.8. The first-order chi connectivity index (χ1) is 24.4. The summed E-state index contributed by atoms with van der Waals surface area (Å²) in [5, 5.41) is 11.5. The van der Waals surface area contributed by atoms with Crippen molar-refractivity contribution < 1.29 is 28.9 Å². The zero-order valence-corrected chi connectivity index (χ0v) is 29.3. The summed E-state index contributed by atoms with van der Waals surface area (Å²) in [6.07, 6.45) is 3.26. The van der Waals surface area contributed by atoms with Gasteiger partial charge in [-0.15, -0.1) is 0 Å². The van der Waals surface area contributed by atoms with Gasteiger partial charge in [0.05, 0.1) is 49.9 Å². The van der Waals surface area contributed by atoms with Crippen molar-refractivity contribution in [3.05, 3.63) is 96.2 Å². The molecule has 2 aromatic heterocycles. The normalized spacial score (nSPS) is 22.5. The Hall–Kier alpha value is -5.66. The third-order valence-electron chi connectivity index (χ3n) is 10.8. The molecule has 51 heavy (non-hydrogen) atoms. The Balaban J connectivity index is 1.31. The van der Waals surface area contributed by atoms with Crippen LogP contribution in [0.5, 0.6) is 23.0 Å². The molecule has 4 aromatic rings. The van der Waals surface area contributed by atoms with E-state index in [9.17, 15) is 29.1 Å². The highest BCUT2D eigenvalue weighted by Gasteiger charge is 2.60. The van der Waals surface area contributed by atoms with Crippen molar-refractivity contribution in [2.75, 3.05) is 20.8 Å². The Labute approximate surface area is 291 Å². The minimum absolute atomic E-state index is 0.0143. The quantitative estimate of drug-likeness (QED) is 0.271. The number of benzene rings is 2. The summed E-state index contributed by atoms with van der Waals surface area (Å²) in [7, 11) is 4.60. The van der Waals surface area contributed by atoms with Gasteiger partial charge >= 0.3 is 11.4 Å². The van der Waals surface area contributed by atoms with Gasteiger partial charge in [0.1, 0.15) is 5.69 Å². The zero-order chi connectivity index (χ0) is 36.5. The Morgan fingerprint density at radius 2 is 1.75 bits per heavy atom. The van der Waals surface area contributed by atoms with E-state index in [-0.39, 0.29) is 60.2 Å². The highest BCUT2D eigenvalue weighted by Crippen LogP contribution is 2.61. The summed E-state index contributed by atoms with van der Waals surface area (Å²) in [5.74, 6) is -1.15. The van der Waals surface area contributed by atoms with Gasteiger partial charge in [-0.05, 0) is 43.6 Å². The number of nitrogens with zero attached hydrogens (tertiary/aromatic N) is 5. The van der Waals surface area contributed by atoms with Gasteiger partial charge < -0.3 is 23.9 Å². The molecule has 1 aliphatic heterocycles. The Kier molecular flexibility index (Phi) is 8.15. The number of hydrogen-bond donors (Lipinski definition) is 1. The van der Waals surface area contributed by atoms with Crippen molar-refractivity contribution >= 4 is 22.6 Å². The molecular weight excluding hydrogens is 658 g/mol. The smallest absolute Gasteiger partial charge is 0.347 e. The van der Waals surface area contributed by atoms with Crippen LogP contribution in [0.25, 0.3) is 11.0 Å². The Morgan fingerprint density at radius 1 is 1.02 bits per heavy atom. The second-order valence-electron chi connectivity index (χ2n) is 13.4. The number of rotatable bonds is 8. The molecule has 4 atom stereocenters. The van der Waals surface area contributed by atoms with Crippen molar-refractivity contribution in [2.45, 2.75) is 58.7 Å². The summed E-state index contributed by atoms with van der Waals surface area (Å²) in [6, 6.07) is 7.61. The molecule has 7 rings (SSSR count). The number of phenols is 1. The van der Waals surface area contributed by atoms with Crippen molar-refractivity contribution in [1.29, 1.82) is 0 Å². The summed E-state index contributed by atoms with van der Waals surface area (Å²) in [6.45, 7) is 5.34. The van der Waals surface area contributed by atoms with Crippen LogP contribution in [0.15, 0.2) is 68.0 Å². The maximum absolute atomic E-state index is 14.2. The van der Waals surface area contributed by atoms with Gasteiger partial charge in [-0.1, -0.05) is 25.1 Å². The number of ether oxygens (including phenoxy) is 3. The van der Waals surface area contributed by atoms with Gasteiger partial charge in [0.25, 0.3) is 5.56 Å². The van der Waals surface area contributed by atoms with E-state index in [1.807, 2.05) is 6.08 Å². The van der Waals surface area contributed by atoms with E-state index in [0.29, 0.717) is 45.8 Å². The standard InChI is InChI=1S/C37H39N5O9/c1-7-51-28-10-8-9-21(32(28)44)31-20-11-14-41-35(47)40(36(48)42(41)25(20)16-22-27(43)15-19(2)33(45)37(22,31)3)13-12-23-34(46)39(4)26-18-30(50-6)29(49-5)17-24(26)38-23/h8-11,15,17-18,22,25,31,44H,7,12-14,16H2,1-6H3/t22-,25+,31+,37+/m0/s1. The van der Waals surface area contributed by atoms with Gasteiger partial charge in [-0.3, -0.25) is 14.4 Å². The van der Waals surface area contributed by atoms with Crippen LogP contribution in [0.4, 0.5) is 0 Å². The number of aromatic hydroxyl groups is 1. The van der Waals surface area contributed by atoms with Crippen LogP contribution in [-0.4, -0.2) is 61.0 Å². The van der Waals surface area contributed by atoms with Gasteiger partial charge in [-0.25, -0.2) is 28.5 Å². The molecule has 3 heterocycles. The predicted octanol–water partition coefficient (Wildman–Crippen LogP) is 2.81. The number of phenolic OH excluding ortho intramolecular Hbond substituents is 1. The van der Waals surface area contributed by atoms with E-state index < -0.39 is 34.7 Å². The fourth-order valence-electron chi connectivity index (χ4n) is 8.37. The number of allylic oxidation sites excluding steroid dienone is 4. The average molecular weight is 698 g/mol. The molecule has 1 fully saturated rings. The lowest BCUT2D eigenvalue weighted by Gasteiger charge is -2.52. The molecule has 0 saturated heterocycles. The molecule has 3 aliphatic rings. The highest BCUT2D eigenvalue weighted by molar-refractivity contribution is 6.13. The number of ketones is 2. The molecule has 0 unspecified atom stereocenters. The predicted molar refractivity (Wildman–Crippen MR) is 186 cm³/mol. The highest BCUT2D eigenvalue weighted by atomic mass is 16.5. The van der Waals surface area contributed by atoms with Crippen molar-refractivity contribution in [2.24, 2.45) is 18.4 Å². The van der Waals surface area contributed by atoms with E-state index in [2.05, 4.69) is 4.98 Å². The molecule has 1 N–H and O–H groups in total. The second kappa shape index (κ2) is 12.3. The van der Waals surface area contributed by atoms with Crippen molar-refractivity contribution in [3.63, 3.8) is 0 Å². The molecule has 2 aliphatic carbocycles. The molecule has 2 aromatic carbocycles. The molecular formula is C37H39N5O9. The van der Waals surface area contributed by atoms with E-state index in [0.717, 1.165) is 4.57 Å². The Morgan fingerprint density at radius 3 is 2.45 bits per heavy atom.